The number of aromatic nitrogens is 5. The van der Waals surface area contributed by atoms with Crippen molar-refractivity contribution >= 4 is 5.95 Å². The molecule has 2 aromatic heterocycles. The maximum Gasteiger partial charge on any atom is 0.218 e. The number of nitrogens with zero attached hydrogens (tertiary/aromatic N) is 4. The van der Waals surface area contributed by atoms with Crippen molar-refractivity contribution in [3.63, 3.8) is 0 Å². The molecule has 2 aromatic rings. The fraction of sp³-hybridized carbons (Fsp3) is 0.286. The average Bonchev–Trinajstić information content (AvgIpc) is 2.60. The third kappa shape index (κ3) is 1.16. The van der Waals surface area contributed by atoms with E-state index in [-0.39, 0.29) is 0 Å². The number of nitrogens with one attached hydrogen (secondary N) is 1. The van der Waals surface area contributed by atoms with Gasteiger partial charge >= 0.3 is 0 Å². The first kappa shape index (κ1) is 7.78. The molecule has 0 bridgehead atoms. The Morgan fingerprint density at radius 3 is 2.77 bits per heavy atom. The van der Waals surface area contributed by atoms with Gasteiger partial charge in [-0.3, -0.25) is 5.10 Å². The van der Waals surface area contributed by atoms with Crippen LogP contribution >= 0.6 is 0 Å². The minimum Gasteiger partial charge on any atom is -0.368 e. The quantitative estimate of drug-likeness (QED) is 0.648. The van der Waals surface area contributed by atoms with Crippen molar-refractivity contribution in [1.29, 1.82) is 0 Å². The van der Waals surface area contributed by atoms with E-state index >= 15 is 0 Å². The van der Waals surface area contributed by atoms with E-state index in [0.29, 0.717) is 11.8 Å². The molecule has 0 aliphatic heterocycles. The second-order valence-electron chi connectivity index (χ2n) is 2.85. The Hall–Kier alpha value is -1.85. The number of nitrogen functional groups attached to an aromatic ring is 1. The monoisotopic (exact) mass is 178 g/mol. The van der Waals surface area contributed by atoms with Crippen LogP contribution in [0.2, 0.25) is 0 Å². The zero-order valence-electron chi connectivity index (χ0n) is 7.44. The maximum absolute atomic E-state index is 5.55. The molecule has 0 aliphatic carbocycles. The molecule has 13 heavy (non-hydrogen) atoms. The number of hydrogen-bond donors (Lipinski definition) is 2. The SMILES string of the molecule is Cc1cn[nH]c1-c1nc(N)n(C)n1. The van der Waals surface area contributed by atoms with E-state index in [2.05, 4.69) is 20.3 Å². The molecule has 0 fully saturated rings. The third-order valence-corrected chi connectivity index (χ3v) is 1.85. The molecule has 0 aliphatic rings. The molecule has 2 heterocycles. The van der Waals surface area contributed by atoms with Crippen LogP contribution in [-0.4, -0.2) is 25.0 Å². The standard InChI is InChI=1S/C7H10N6/c1-4-3-9-11-5(4)6-10-7(8)13(2)12-6/h3H,1-2H3,(H,9,11)(H2,8,10,12). The highest BCUT2D eigenvalue weighted by Crippen LogP contribution is 2.16. The van der Waals surface area contributed by atoms with E-state index in [1.807, 2.05) is 6.92 Å². The Labute approximate surface area is 74.8 Å². The lowest BCUT2D eigenvalue weighted by molar-refractivity contribution is 0.779. The third-order valence-electron chi connectivity index (χ3n) is 1.85. The lowest BCUT2D eigenvalue weighted by Gasteiger charge is -1.89. The number of anilines is 1. The van der Waals surface area contributed by atoms with Crippen molar-refractivity contribution in [3.05, 3.63) is 11.8 Å². The first-order valence-electron chi connectivity index (χ1n) is 3.85. The molecule has 0 spiro atoms. The Morgan fingerprint density at radius 1 is 1.54 bits per heavy atom. The summed E-state index contributed by atoms with van der Waals surface area (Å²) in [5.41, 5.74) is 7.37. The predicted molar refractivity (Wildman–Crippen MR) is 47.7 cm³/mol. The summed E-state index contributed by atoms with van der Waals surface area (Å²) >= 11 is 0. The van der Waals surface area contributed by atoms with Gasteiger partial charge in [0.05, 0.1) is 6.20 Å². The fourth-order valence-electron chi connectivity index (χ4n) is 1.08. The van der Waals surface area contributed by atoms with Crippen molar-refractivity contribution in [2.24, 2.45) is 7.05 Å². The molecule has 0 saturated carbocycles. The van der Waals surface area contributed by atoms with Crippen LogP contribution in [0.1, 0.15) is 5.56 Å². The van der Waals surface area contributed by atoms with E-state index in [1.165, 1.54) is 4.68 Å². The number of rotatable bonds is 1. The molecule has 6 heteroatoms. The number of H-pyrrole nitrogens is 1. The molecule has 0 atom stereocenters. The number of hydrogen-bond acceptors (Lipinski definition) is 4. The van der Waals surface area contributed by atoms with E-state index < -0.39 is 0 Å². The van der Waals surface area contributed by atoms with E-state index in [1.54, 1.807) is 13.2 Å². The molecule has 0 aromatic carbocycles. The van der Waals surface area contributed by atoms with E-state index in [0.717, 1.165) is 11.3 Å². The van der Waals surface area contributed by atoms with Crippen molar-refractivity contribution in [1.82, 2.24) is 25.0 Å². The van der Waals surface area contributed by atoms with E-state index in [4.69, 9.17) is 5.73 Å². The van der Waals surface area contributed by atoms with Crippen LogP contribution in [0.15, 0.2) is 6.20 Å². The molecule has 2 rings (SSSR count). The smallest absolute Gasteiger partial charge is 0.218 e. The Balaban J connectivity index is 2.53. The van der Waals surface area contributed by atoms with Crippen molar-refractivity contribution < 1.29 is 0 Å². The summed E-state index contributed by atoms with van der Waals surface area (Å²) in [7, 11) is 1.75. The van der Waals surface area contributed by atoms with Gasteiger partial charge in [0.1, 0.15) is 5.69 Å². The van der Waals surface area contributed by atoms with Gasteiger partial charge in [-0.1, -0.05) is 0 Å². The van der Waals surface area contributed by atoms with Gasteiger partial charge in [-0.15, -0.1) is 5.10 Å². The highest BCUT2D eigenvalue weighted by Gasteiger charge is 2.10. The lowest BCUT2D eigenvalue weighted by atomic mass is 10.3. The van der Waals surface area contributed by atoms with Gasteiger partial charge in [0.15, 0.2) is 0 Å². The summed E-state index contributed by atoms with van der Waals surface area (Å²) in [5.74, 6) is 0.971. The summed E-state index contributed by atoms with van der Waals surface area (Å²) in [6, 6.07) is 0. The number of nitrogens with two attached hydrogens (primary N) is 1. The van der Waals surface area contributed by atoms with Gasteiger partial charge in [0, 0.05) is 7.05 Å². The first-order chi connectivity index (χ1) is 6.18. The van der Waals surface area contributed by atoms with E-state index in [9.17, 15) is 0 Å². The molecular formula is C7H10N6. The van der Waals surface area contributed by atoms with Crippen LogP contribution in [0.4, 0.5) is 5.95 Å². The first-order valence-corrected chi connectivity index (χ1v) is 3.85. The molecule has 0 saturated heterocycles. The van der Waals surface area contributed by atoms with Gasteiger partial charge in [0.25, 0.3) is 0 Å². The van der Waals surface area contributed by atoms with Gasteiger partial charge in [0.2, 0.25) is 11.8 Å². The molecule has 6 nitrogen and oxygen atoms in total. The van der Waals surface area contributed by atoms with Crippen molar-refractivity contribution in [3.8, 4) is 11.5 Å². The molecule has 0 amide bonds. The zero-order valence-corrected chi connectivity index (χ0v) is 7.44. The molecule has 68 valence electrons. The summed E-state index contributed by atoms with van der Waals surface area (Å²) in [6.45, 7) is 1.94. The van der Waals surface area contributed by atoms with Crippen LogP contribution in [0.25, 0.3) is 11.5 Å². The number of aryl methyl sites for hydroxylation is 2. The molecular weight excluding hydrogens is 168 g/mol. The lowest BCUT2D eigenvalue weighted by Crippen LogP contribution is -1.97. The summed E-state index contributed by atoms with van der Waals surface area (Å²) in [6.07, 6.45) is 1.72. The summed E-state index contributed by atoms with van der Waals surface area (Å²) in [5, 5.41) is 10.8. The largest absolute Gasteiger partial charge is 0.368 e. The fourth-order valence-corrected chi connectivity index (χ4v) is 1.08. The van der Waals surface area contributed by atoms with Gasteiger partial charge in [-0.25, -0.2) is 4.68 Å². The second-order valence-corrected chi connectivity index (χ2v) is 2.85. The van der Waals surface area contributed by atoms with Crippen LogP contribution in [0, 0.1) is 6.92 Å². The van der Waals surface area contributed by atoms with Crippen molar-refractivity contribution in [2.45, 2.75) is 6.92 Å². The Morgan fingerprint density at radius 2 is 2.31 bits per heavy atom. The predicted octanol–water partition coefficient (Wildman–Crippen LogP) is 0.0958. The normalized spacial score (nSPS) is 10.6. The highest BCUT2D eigenvalue weighted by atomic mass is 15.4. The Kier molecular flexibility index (Phi) is 1.54. The average molecular weight is 178 g/mol. The Bertz CT molecular complexity index is 406. The van der Waals surface area contributed by atoms with Crippen LogP contribution in [-0.2, 0) is 7.05 Å². The van der Waals surface area contributed by atoms with Crippen molar-refractivity contribution in [2.75, 3.05) is 5.73 Å². The highest BCUT2D eigenvalue weighted by molar-refractivity contribution is 5.54. The van der Waals surface area contributed by atoms with Gasteiger partial charge in [-0.05, 0) is 12.5 Å². The zero-order chi connectivity index (χ0) is 9.42. The summed E-state index contributed by atoms with van der Waals surface area (Å²) in [4.78, 5) is 4.07. The minimum atomic E-state index is 0.393. The minimum absolute atomic E-state index is 0.393. The number of aromatic amines is 1. The molecule has 0 unspecified atom stereocenters. The van der Waals surface area contributed by atoms with Crippen LogP contribution in [0.3, 0.4) is 0 Å². The second kappa shape index (κ2) is 2.58. The van der Waals surface area contributed by atoms with Crippen LogP contribution < -0.4 is 5.73 Å². The van der Waals surface area contributed by atoms with Crippen LogP contribution in [0.5, 0.6) is 0 Å². The molecule has 3 N–H and O–H groups in total. The van der Waals surface area contributed by atoms with Gasteiger partial charge in [-0.2, -0.15) is 10.1 Å². The topological polar surface area (TPSA) is 85.4 Å². The van der Waals surface area contributed by atoms with Gasteiger partial charge < -0.3 is 5.73 Å². The maximum atomic E-state index is 5.55. The molecule has 0 radical (unpaired) electrons. The summed E-state index contributed by atoms with van der Waals surface area (Å²) < 4.78 is 1.52.